The Labute approximate surface area is 139 Å². The molecular formula is C15H9ClN2O4S. The molecule has 8 heteroatoms. The van der Waals surface area contributed by atoms with Gasteiger partial charge < -0.3 is 4.74 Å². The molecule has 1 aromatic heterocycles. The first kappa shape index (κ1) is 15.4. The van der Waals surface area contributed by atoms with Crippen molar-refractivity contribution in [3.05, 3.63) is 66.5 Å². The number of cyclic esters (lactones) is 1. The van der Waals surface area contributed by atoms with Crippen LogP contribution in [-0.2, 0) is 9.53 Å². The van der Waals surface area contributed by atoms with Gasteiger partial charge in [0.05, 0.1) is 4.92 Å². The number of carbonyl (C=O) groups is 1. The molecule has 1 aliphatic heterocycles. The van der Waals surface area contributed by atoms with E-state index in [1.165, 1.54) is 29.5 Å². The molecule has 6 nitrogen and oxygen atoms in total. The van der Waals surface area contributed by atoms with Crippen LogP contribution in [0.5, 0.6) is 0 Å². The Morgan fingerprint density at radius 3 is 2.83 bits per heavy atom. The fourth-order valence-corrected chi connectivity index (χ4v) is 3.01. The maximum atomic E-state index is 11.9. The van der Waals surface area contributed by atoms with Crippen molar-refractivity contribution in [3.63, 3.8) is 0 Å². The van der Waals surface area contributed by atoms with Gasteiger partial charge in [-0.1, -0.05) is 11.6 Å². The molecule has 0 N–H and O–H groups in total. The summed E-state index contributed by atoms with van der Waals surface area (Å²) in [6.07, 6.45) is 1.64. The van der Waals surface area contributed by atoms with Gasteiger partial charge in [0.15, 0.2) is 5.70 Å². The molecule has 0 fully saturated rings. The SMILES string of the molecule is Cc1ccsc1/C=C1/N=C(c2ccc(Cl)c([N+](=O)[O-])c2)OC1=O. The van der Waals surface area contributed by atoms with Crippen molar-refractivity contribution >= 4 is 46.6 Å². The third-order valence-corrected chi connectivity index (χ3v) is 4.47. The largest absolute Gasteiger partial charge is 0.402 e. The van der Waals surface area contributed by atoms with Gasteiger partial charge in [-0.3, -0.25) is 10.1 Å². The van der Waals surface area contributed by atoms with Gasteiger partial charge in [-0.05, 0) is 42.1 Å². The van der Waals surface area contributed by atoms with E-state index in [1.54, 1.807) is 6.08 Å². The monoisotopic (exact) mass is 348 g/mol. The van der Waals surface area contributed by atoms with Crippen molar-refractivity contribution in [2.45, 2.75) is 6.92 Å². The molecule has 3 rings (SSSR count). The molecule has 0 unspecified atom stereocenters. The maximum Gasteiger partial charge on any atom is 0.363 e. The lowest BCUT2D eigenvalue weighted by Crippen LogP contribution is -2.06. The number of thiophene rings is 1. The summed E-state index contributed by atoms with van der Waals surface area (Å²) < 4.78 is 5.10. The number of nitro groups is 1. The number of benzene rings is 1. The smallest absolute Gasteiger partial charge is 0.363 e. The second-order valence-electron chi connectivity index (χ2n) is 4.73. The molecule has 0 aliphatic carbocycles. The van der Waals surface area contributed by atoms with Crippen molar-refractivity contribution in [1.29, 1.82) is 0 Å². The van der Waals surface area contributed by atoms with Crippen LogP contribution < -0.4 is 0 Å². The molecule has 0 bridgehead atoms. The number of aryl methyl sites for hydroxylation is 1. The van der Waals surface area contributed by atoms with E-state index < -0.39 is 10.9 Å². The van der Waals surface area contributed by atoms with E-state index in [1.807, 2.05) is 18.4 Å². The van der Waals surface area contributed by atoms with E-state index in [4.69, 9.17) is 16.3 Å². The molecule has 0 radical (unpaired) electrons. The lowest BCUT2D eigenvalue weighted by atomic mass is 10.2. The van der Waals surface area contributed by atoms with Crippen LogP contribution >= 0.6 is 22.9 Å². The van der Waals surface area contributed by atoms with Crippen molar-refractivity contribution in [2.75, 3.05) is 0 Å². The number of hydrogen-bond donors (Lipinski definition) is 0. The maximum absolute atomic E-state index is 11.9. The Hall–Kier alpha value is -2.51. The normalized spacial score (nSPS) is 15.7. The Balaban J connectivity index is 1.99. The summed E-state index contributed by atoms with van der Waals surface area (Å²) in [6.45, 7) is 1.93. The standard InChI is InChI=1S/C15H9ClN2O4S/c1-8-4-5-23-13(8)7-11-15(19)22-14(17-11)9-2-3-10(16)12(6-9)18(20)21/h2-7H,1H3/b11-7+. The number of hydrogen-bond acceptors (Lipinski definition) is 6. The minimum atomic E-state index is -0.602. The van der Waals surface area contributed by atoms with Crippen LogP contribution in [0.4, 0.5) is 5.69 Å². The average Bonchev–Trinajstić information content (AvgIpc) is 3.07. The second kappa shape index (κ2) is 5.94. The average molecular weight is 349 g/mol. The number of rotatable bonds is 3. The Bertz CT molecular complexity index is 885. The number of halogens is 1. The molecule has 0 saturated heterocycles. The van der Waals surface area contributed by atoms with Crippen LogP contribution in [0.3, 0.4) is 0 Å². The third-order valence-electron chi connectivity index (χ3n) is 3.18. The molecule has 2 heterocycles. The minimum absolute atomic E-state index is 0.00801. The van der Waals surface area contributed by atoms with E-state index in [-0.39, 0.29) is 22.3 Å². The number of nitro benzene ring substituents is 1. The van der Waals surface area contributed by atoms with E-state index in [9.17, 15) is 14.9 Å². The van der Waals surface area contributed by atoms with E-state index in [2.05, 4.69) is 4.99 Å². The Kier molecular flexibility index (Phi) is 3.97. The third kappa shape index (κ3) is 3.01. The van der Waals surface area contributed by atoms with Gasteiger partial charge in [-0.15, -0.1) is 11.3 Å². The van der Waals surface area contributed by atoms with Crippen LogP contribution in [0.1, 0.15) is 16.0 Å². The molecule has 116 valence electrons. The van der Waals surface area contributed by atoms with Crippen LogP contribution in [0.25, 0.3) is 6.08 Å². The zero-order valence-corrected chi connectivity index (χ0v) is 13.4. The fourth-order valence-electron chi connectivity index (χ4n) is 1.97. The Morgan fingerprint density at radius 2 is 2.17 bits per heavy atom. The fraction of sp³-hybridized carbons (Fsp3) is 0.0667. The highest BCUT2D eigenvalue weighted by Gasteiger charge is 2.26. The van der Waals surface area contributed by atoms with Gasteiger partial charge in [0.25, 0.3) is 5.69 Å². The lowest BCUT2D eigenvalue weighted by molar-refractivity contribution is -0.384. The highest BCUT2D eigenvalue weighted by Crippen LogP contribution is 2.28. The first-order valence-electron chi connectivity index (χ1n) is 6.46. The lowest BCUT2D eigenvalue weighted by Gasteiger charge is -2.00. The zero-order chi connectivity index (χ0) is 16.6. The Morgan fingerprint density at radius 1 is 1.39 bits per heavy atom. The molecular weight excluding hydrogens is 340 g/mol. The van der Waals surface area contributed by atoms with Crippen molar-refractivity contribution in [2.24, 2.45) is 4.99 Å². The molecule has 23 heavy (non-hydrogen) atoms. The summed E-state index contributed by atoms with van der Waals surface area (Å²) in [5.41, 5.74) is 1.24. The van der Waals surface area contributed by atoms with Crippen molar-refractivity contribution in [1.82, 2.24) is 0 Å². The van der Waals surface area contributed by atoms with Gasteiger partial charge in [0.2, 0.25) is 5.90 Å². The van der Waals surface area contributed by atoms with Crippen LogP contribution in [0.2, 0.25) is 5.02 Å². The number of aliphatic imine (C=N–C) groups is 1. The predicted octanol–water partition coefficient (Wildman–Crippen LogP) is 3.96. The topological polar surface area (TPSA) is 81.8 Å². The zero-order valence-electron chi connectivity index (χ0n) is 11.8. The number of esters is 1. The van der Waals surface area contributed by atoms with Gasteiger partial charge in [-0.25, -0.2) is 9.79 Å². The van der Waals surface area contributed by atoms with Crippen LogP contribution in [0, 0.1) is 17.0 Å². The molecule has 2 aromatic rings. The van der Waals surface area contributed by atoms with Gasteiger partial charge in [0.1, 0.15) is 5.02 Å². The number of ether oxygens (including phenoxy) is 1. The van der Waals surface area contributed by atoms with Crippen LogP contribution in [-0.4, -0.2) is 16.8 Å². The second-order valence-corrected chi connectivity index (χ2v) is 6.08. The van der Waals surface area contributed by atoms with Crippen molar-refractivity contribution in [3.8, 4) is 0 Å². The van der Waals surface area contributed by atoms with Gasteiger partial charge in [0, 0.05) is 16.5 Å². The summed E-state index contributed by atoms with van der Waals surface area (Å²) in [5.74, 6) is -0.569. The summed E-state index contributed by atoms with van der Waals surface area (Å²) in [7, 11) is 0. The number of carbonyl (C=O) groups excluding carboxylic acids is 1. The predicted molar refractivity (Wildman–Crippen MR) is 87.8 cm³/mol. The highest BCUT2D eigenvalue weighted by atomic mass is 35.5. The van der Waals surface area contributed by atoms with Crippen molar-refractivity contribution < 1.29 is 14.5 Å². The minimum Gasteiger partial charge on any atom is -0.402 e. The number of nitrogens with zero attached hydrogens (tertiary/aromatic N) is 2. The van der Waals surface area contributed by atoms with E-state index >= 15 is 0 Å². The molecule has 1 aliphatic rings. The first-order chi connectivity index (χ1) is 11.0. The van der Waals surface area contributed by atoms with Gasteiger partial charge >= 0.3 is 5.97 Å². The van der Waals surface area contributed by atoms with E-state index in [0.29, 0.717) is 5.56 Å². The summed E-state index contributed by atoms with van der Waals surface area (Å²) in [5, 5.41) is 12.8. The molecule has 0 spiro atoms. The molecule has 0 atom stereocenters. The summed E-state index contributed by atoms with van der Waals surface area (Å²) in [6, 6.07) is 6.05. The van der Waals surface area contributed by atoms with Crippen LogP contribution in [0.15, 0.2) is 40.3 Å². The quantitative estimate of drug-likeness (QED) is 0.364. The first-order valence-corrected chi connectivity index (χ1v) is 7.72. The van der Waals surface area contributed by atoms with E-state index in [0.717, 1.165) is 10.4 Å². The summed E-state index contributed by atoms with van der Waals surface area (Å²) in [4.78, 5) is 27.3. The van der Waals surface area contributed by atoms with Gasteiger partial charge in [-0.2, -0.15) is 0 Å². The molecule has 1 aromatic carbocycles. The molecule has 0 saturated carbocycles. The summed E-state index contributed by atoms with van der Waals surface area (Å²) >= 11 is 7.25. The molecule has 0 amide bonds. The highest BCUT2D eigenvalue weighted by molar-refractivity contribution is 7.11.